The van der Waals surface area contributed by atoms with Crippen molar-refractivity contribution in [2.75, 3.05) is 53.6 Å². The molecule has 1 spiro atoms. The van der Waals surface area contributed by atoms with E-state index in [-0.39, 0.29) is 11.4 Å². The average molecular weight is 350 g/mol. The van der Waals surface area contributed by atoms with Crippen molar-refractivity contribution >= 4 is 0 Å². The number of benzene rings is 1. The van der Waals surface area contributed by atoms with Crippen molar-refractivity contribution in [1.29, 1.82) is 0 Å². The first kappa shape index (κ1) is 18.8. The lowest BCUT2D eigenvalue weighted by Gasteiger charge is -2.44. The summed E-state index contributed by atoms with van der Waals surface area (Å²) in [5.74, 6) is 0.304. The molecule has 140 valence electrons. The van der Waals surface area contributed by atoms with Gasteiger partial charge in [0.05, 0.1) is 25.4 Å². The van der Waals surface area contributed by atoms with Gasteiger partial charge in [0.15, 0.2) is 0 Å². The Bertz CT molecular complexity index is 554. The van der Waals surface area contributed by atoms with Crippen LogP contribution in [-0.2, 0) is 16.0 Å². The third-order valence-corrected chi connectivity index (χ3v) is 5.48. The minimum atomic E-state index is -0.159. The number of likely N-dealkylation sites (N-methyl/N-ethyl adjacent to an activating group) is 1. The van der Waals surface area contributed by atoms with Crippen LogP contribution in [0.3, 0.4) is 0 Å². The zero-order valence-electron chi connectivity index (χ0n) is 15.5. The second kappa shape index (κ2) is 8.58. The lowest BCUT2D eigenvalue weighted by Crippen LogP contribution is -2.54. The van der Waals surface area contributed by atoms with Crippen LogP contribution in [0.25, 0.3) is 0 Å². The van der Waals surface area contributed by atoms with Gasteiger partial charge in [0.25, 0.3) is 0 Å². The Morgan fingerprint density at radius 2 is 2.28 bits per heavy atom. The molecule has 1 aromatic carbocycles. The molecule has 1 aliphatic heterocycles. The van der Waals surface area contributed by atoms with Crippen molar-refractivity contribution in [2.24, 2.45) is 5.92 Å². The van der Waals surface area contributed by atoms with Crippen LogP contribution < -0.4 is 0 Å². The highest BCUT2D eigenvalue weighted by molar-refractivity contribution is 5.16. The zero-order valence-corrected chi connectivity index (χ0v) is 15.5. The van der Waals surface area contributed by atoms with E-state index in [0.29, 0.717) is 5.92 Å². The number of hydrogen-bond donors (Lipinski definition) is 0. The summed E-state index contributed by atoms with van der Waals surface area (Å²) in [6.45, 7) is 5.87. The quantitative estimate of drug-likeness (QED) is 0.706. The van der Waals surface area contributed by atoms with Gasteiger partial charge in [-0.2, -0.15) is 0 Å². The van der Waals surface area contributed by atoms with Gasteiger partial charge in [-0.3, -0.25) is 4.90 Å². The Morgan fingerprint density at radius 3 is 3.08 bits per heavy atom. The third kappa shape index (κ3) is 5.00. The Kier molecular flexibility index (Phi) is 6.44. The summed E-state index contributed by atoms with van der Waals surface area (Å²) in [5.41, 5.74) is 0.956. The normalized spacial score (nSPS) is 27.4. The van der Waals surface area contributed by atoms with E-state index in [2.05, 4.69) is 23.9 Å². The van der Waals surface area contributed by atoms with Gasteiger partial charge in [-0.05, 0) is 44.6 Å². The van der Waals surface area contributed by atoms with E-state index < -0.39 is 0 Å². The van der Waals surface area contributed by atoms with Gasteiger partial charge in [-0.15, -0.1) is 0 Å². The van der Waals surface area contributed by atoms with E-state index in [0.717, 1.165) is 58.0 Å². The number of ether oxygens (including phenoxy) is 2. The van der Waals surface area contributed by atoms with E-state index >= 15 is 0 Å². The van der Waals surface area contributed by atoms with E-state index in [9.17, 15) is 4.39 Å². The van der Waals surface area contributed by atoms with Crippen LogP contribution in [0.5, 0.6) is 0 Å². The minimum absolute atomic E-state index is 0.0797. The summed E-state index contributed by atoms with van der Waals surface area (Å²) in [6.07, 6.45) is 3.49. The molecule has 2 fully saturated rings. The fraction of sp³-hybridized carbons (Fsp3) is 0.700. The first-order valence-corrected chi connectivity index (χ1v) is 9.41. The summed E-state index contributed by atoms with van der Waals surface area (Å²) in [5, 5.41) is 0. The highest BCUT2D eigenvalue weighted by Crippen LogP contribution is 2.41. The number of hydrogen-bond acceptors (Lipinski definition) is 4. The molecular formula is C20H31FN2O2. The van der Waals surface area contributed by atoms with Gasteiger partial charge >= 0.3 is 0 Å². The number of halogens is 1. The number of morpholine rings is 1. The van der Waals surface area contributed by atoms with Gasteiger partial charge in [0.2, 0.25) is 0 Å². The van der Waals surface area contributed by atoms with Gasteiger partial charge in [-0.1, -0.05) is 18.6 Å². The number of nitrogens with zero attached hydrogens (tertiary/aromatic N) is 2. The molecule has 25 heavy (non-hydrogen) atoms. The van der Waals surface area contributed by atoms with Crippen LogP contribution in [0.15, 0.2) is 24.3 Å². The lowest BCUT2D eigenvalue weighted by atomic mass is 9.89. The van der Waals surface area contributed by atoms with Crippen molar-refractivity contribution < 1.29 is 13.9 Å². The highest BCUT2D eigenvalue weighted by Gasteiger charge is 2.46. The highest BCUT2D eigenvalue weighted by atomic mass is 19.1. The Hall–Kier alpha value is -1.01. The van der Waals surface area contributed by atoms with E-state index in [1.165, 1.54) is 18.9 Å². The van der Waals surface area contributed by atoms with E-state index in [4.69, 9.17) is 9.47 Å². The summed E-state index contributed by atoms with van der Waals surface area (Å²) >= 11 is 0. The molecule has 2 atom stereocenters. The molecule has 0 unspecified atom stereocenters. The van der Waals surface area contributed by atoms with Crippen molar-refractivity contribution in [3.05, 3.63) is 35.6 Å². The standard InChI is InChI=1S/C20H31FN2O2/c1-22(2)9-11-24-15-18-6-4-8-20(18)16-23(10-12-25-20)14-17-5-3-7-19(21)13-17/h3,5,7,13,18H,4,6,8-12,14-16H2,1-2H3/t18-,20+/m0/s1. The second-order valence-corrected chi connectivity index (χ2v) is 7.72. The molecule has 0 radical (unpaired) electrons. The summed E-state index contributed by atoms with van der Waals surface area (Å²) in [6, 6.07) is 6.93. The largest absolute Gasteiger partial charge is 0.380 e. The van der Waals surface area contributed by atoms with Crippen molar-refractivity contribution in [3.8, 4) is 0 Å². The maximum Gasteiger partial charge on any atom is 0.123 e. The topological polar surface area (TPSA) is 24.9 Å². The summed E-state index contributed by atoms with van der Waals surface area (Å²) in [4.78, 5) is 4.55. The third-order valence-electron chi connectivity index (χ3n) is 5.48. The first-order chi connectivity index (χ1) is 12.1. The molecule has 1 aromatic rings. The molecule has 1 saturated heterocycles. The summed E-state index contributed by atoms with van der Waals surface area (Å²) in [7, 11) is 4.13. The Balaban J connectivity index is 1.56. The minimum Gasteiger partial charge on any atom is -0.380 e. The van der Waals surface area contributed by atoms with Crippen LogP contribution >= 0.6 is 0 Å². The molecule has 1 aliphatic carbocycles. The van der Waals surface area contributed by atoms with Crippen LogP contribution in [0.4, 0.5) is 4.39 Å². The van der Waals surface area contributed by atoms with Crippen LogP contribution in [-0.4, -0.2) is 69.0 Å². The predicted molar refractivity (Wildman–Crippen MR) is 97.1 cm³/mol. The molecule has 1 saturated carbocycles. The molecule has 0 amide bonds. The van der Waals surface area contributed by atoms with Crippen molar-refractivity contribution in [2.45, 2.75) is 31.4 Å². The fourth-order valence-corrected chi connectivity index (χ4v) is 4.13. The molecule has 4 nitrogen and oxygen atoms in total. The van der Waals surface area contributed by atoms with Gasteiger partial charge in [-0.25, -0.2) is 4.39 Å². The monoisotopic (exact) mass is 350 g/mol. The van der Waals surface area contributed by atoms with Crippen molar-refractivity contribution in [3.63, 3.8) is 0 Å². The molecule has 1 heterocycles. The van der Waals surface area contributed by atoms with E-state index in [1.807, 2.05) is 6.07 Å². The Morgan fingerprint density at radius 1 is 1.40 bits per heavy atom. The fourth-order valence-electron chi connectivity index (χ4n) is 4.13. The molecule has 0 bridgehead atoms. The smallest absolute Gasteiger partial charge is 0.123 e. The van der Waals surface area contributed by atoms with Gasteiger partial charge in [0, 0.05) is 32.1 Å². The van der Waals surface area contributed by atoms with E-state index in [1.54, 1.807) is 12.1 Å². The second-order valence-electron chi connectivity index (χ2n) is 7.72. The molecule has 3 rings (SSSR count). The Labute approximate surface area is 150 Å². The molecule has 0 aromatic heterocycles. The SMILES string of the molecule is CN(C)CCOC[C@@H]1CCC[C@@]12CN(Cc1cccc(F)c1)CCO2. The average Bonchev–Trinajstić information content (AvgIpc) is 2.93. The van der Waals surface area contributed by atoms with Crippen LogP contribution in [0, 0.1) is 11.7 Å². The lowest BCUT2D eigenvalue weighted by molar-refractivity contribution is -0.143. The van der Waals surface area contributed by atoms with Gasteiger partial charge in [0.1, 0.15) is 5.82 Å². The molecule has 5 heteroatoms. The molecule has 0 N–H and O–H groups in total. The summed E-state index contributed by atoms with van der Waals surface area (Å²) < 4.78 is 25.7. The number of rotatable bonds is 7. The van der Waals surface area contributed by atoms with Gasteiger partial charge < -0.3 is 14.4 Å². The first-order valence-electron chi connectivity index (χ1n) is 9.41. The van der Waals surface area contributed by atoms with Crippen LogP contribution in [0.2, 0.25) is 0 Å². The molecule has 2 aliphatic rings. The zero-order chi connectivity index (χ0) is 17.7. The van der Waals surface area contributed by atoms with Crippen molar-refractivity contribution in [1.82, 2.24) is 9.80 Å². The van der Waals surface area contributed by atoms with Crippen LogP contribution in [0.1, 0.15) is 24.8 Å². The maximum atomic E-state index is 13.4. The maximum absolute atomic E-state index is 13.4. The molecular weight excluding hydrogens is 319 g/mol. The predicted octanol–water partition coefficient (Wildman–Crippen LogP) is 2.78.